The number of nitrogens with zero attached hydrogens (tertiary/aromatic N) is 1. The summed E-state index contributed by atoms with van der Waals surface area (Å²) in [5.41, 5.74) is -4.00. The molecule has 0 aliphatic heterocycles. The molecule has 0 saturated heterocycles. The van der Waals surface area contributed by atoms with Gasteiger partial charge in [-0.05, 0) is 24.3 Å². The van der Waals surface area contributed by atoms with Crippen molar-refractivity contribution in [3.8, 4) is 0 Å². The van der Waals surface area contributed by atoms with Crippen molar-refractivity contribution in [2.45, 2.75) is 16.9 Å². The number of benzene rings is 1. The first-order chi connectivity index (χ1) is 9.30. The van der Waals surface area contributed by atoms with E-state index in [1.54, 1.807) is 6.20 Å². The fourth-order valence-electron chi connectivity index (χ4n) is 1.46. The molecule has 0 aliphatic carbocycles. The number of halogens is 3. The summed E-state index contributed by atoms with van der Waals surface area (Å²) in [6, 6.07) is 4.38. The van der Waals surface area contributed by atoms with Gasteiger partial charge in [0.05, 0.1) is 23.5 Å². The fourth-order valence-corrected chi connectivity index (χ4v) is 2.23. The van der Waals surface area contributed by atoms with Crippen molar-refractivity contribution in [1.29, 1.82) is 0 Å². The molecule has 0 amide bonds. The highest BCUT2D eigenvalue weighted by molar-refractivity contribution is 7.92. The second-order valence-electron chi connectivity index (χ2n) is 3.90. The lowest BCUT2D eigenvalue weighted by Crippen LogP contribution is -2.23. The molecule has 2 aromatic rings. The van der Waals surface area contributed by atoms with E-state index < -0.39 is 20.2 Å². The van der Waals surface area contributed by atoms with E-state index in [4.69, 9.17) is 0 Å². The lowest BCUT2D eigenvalue weighted by atomic mass is 10.3. The molecule has 2 rings (SSSR count). The summed E-state index contributed by atoms with van der Waals surface area (Å²) in [5, 5.41) is 2.92. The molecule has 9 heteroatoms. The Labute approximate surface area is 112 Å². The largest absolute Gasteiger partial charge is 0.501 e. The molecule has 0 unspecified atom stereocenters. The van der Waals surface area contributed by atoms with Crippen molar-refractivity contribution in [2.75, 3.05) is 5.32 Å². The maximum atomic E-state index is 12.3. The third-order valence-corrected chi connectivity index (χ3v) is 4.01. The number of anilines is 1. The van der Waals surface area contributed by atoms with Gasteiger partial charge in [0.1, 0.15) is 0 Å². The molecule has 0 fully saturated rings. The van der Waals surface area contributed by atoms with Crippen LogP contribution in [-0.2, 0) is 16.4 Å². The van der Waals surface area contributed by atoms with E-state index >= 15 is 0 Å². The minimum atomic E-state index is -5.30. The molecular weight excluding hydrogens is 295 g/mol. The Morgan fingerprint density at radius 2 is 1.85 bits per heavy atom. The summed E-state index contributed by atoms with van der Waals surface area (Å²) >= 11 is 0. The molecule has 1 heterocycles. The number of rotatable bonds is 4. The monoisotopic (exact) mass is 305 g/mol. The zero-order valence-electron chi connectivity index (χ0n) is 9.98. The Kier molecular flexibility index (Phi) is 3.71. The van der Waals surface area contributed by atoms with Crippen LogP contribution in [0.25, 0.3) is 0 Å². The summed E-state index contributed by atoms with van der Waals surface area (Å²) in [4.78, 5) is 5.87. The summed E-state index contributed by atoms with van der Waals surface area (Å²) in [6.07, 6.45) is 3.09. The normalized spacial score (nSPS) is 12.3. The molecule has 2 N–H and O–H groups in total. The number of aromatic nitrogens is 2. The SMILES string of the molecule is O=S(=O)(c1ccc(NCc2cnc[nH]2)cc1)C(F)(F)F. The lowest BCUT2D eigenvalue weighted by molar-refractivity contribution is -0.0436. The topological polar surface area (TPSA) is 74.8 Å². The molecule has 108 valence electrons. The Morgan fingerprint density at radius 3 is 2.35 bits per heavy atom. The minimum Gasteiger partial charge on any atom is -0.379 e. The maximum absolute atomic E-state index is 12.3. The number of H-pyrrole nitrogens is 1. The predicted molar refractivity (Wildman–Crippen MR) is 65.6 cm³/mol. The third-order valence-electron chi connectivity index (χ3n) is 2.51. The summed E-state index contributed by atoms with van der Waals surface area (Å²) in [6.45, 7) is 0.394. The van der Waals surface area contributed by atoms with Gasteiger partial charge in [-0.25, -0.2) is 13.4 Å². The van der Waals surface area contributed by atoms with E-state index in [-0.39, 0.29) is 0 Å². The Hall–Kier alpha value is -2.03. The van der Waals surface area contributed by atoms with Crippen molar-refractivity contribution in [3.05, 3.63) is 42.5 Å². The molecule has 0 saturated carbocycles. The Balaban J connectivity index is 2.11. The summed E-state index contributed by atoms with van der Waals surface area (Å²) in [5.74, 6) is 0. The molecule has 0 radical (unpaired) electrons. The molecule has 1 aromatic heterocycles. The molecule has 1 aromatic carbocycles. The summed E-state index contributed by atoms with van der Waals surface area (Å²) < 4.78 is 59.3. The zero-order valence-corrected chi connectivity index (χ0v) is 10.8. The van der Waals surface area contributed by atoms with Gasteiger partial charge >= 0.3 is 5.51 Å². The first-order valence-corrected chi connectivity index (χ1v) is 6.91. The van der Waals surface area contributed by atoms with Crippen molar-refractivity contribution in [1.82, 2.24) is 9.97 Å². The Bertz CT molecular complexity index is 664. The number of hydrogen-bond donors (Lipinski definition) is 2. The van der Waals surface area contributed by atoms with Gasteiger partial charge in [-0.1, -0.05) is 0 Å². The second kappa shape index (κ2) is 5.16. The van der Waals surface area contributed by atoms with E-state index in [2.05, 4.69) is 15.3 Å². The van der Waals surface area contributed by atoms with Crippen LogP contribution in [0.4, 0.5) is 18.9 Å². The van der Waals surface area contributed by atoms with Crippen molar-refractivity contribution in [2.24, 2.45) is 0 Å². The smallest absolute Gasteiger partial charge is 0.379 e. The number of nitrogens with one attached hydrogen (secondary N) is 2. The van der Waals surface area contributed by atoms with Crippen LogP contribution in [-0.4, -0.2) is 23.9 Å². The van der Waals surface area contributed by atoms with Gasteiger partial charge < -0.3 is 10.3 Å². The van der Waals surface area contributed by atoms with E-state index in [1.165, 1.54) is 18.5 Å². The number of hydrogen-bond acceptors (Lipinski definition) is 4. The predicted octanol–water partition coefficient (Wildman–Crippen LogP) is 2.32. The van der Waals surface area contributed by atoms with Gasteiger partial charge in [0, 0.05) is 11.9 Å². The van der Waals surface area contributed by atoms with E-state index in [1.807, 2.05) is 0 Å². The summed E-state index contributed by atoms with van der Waals surface area (Å²) in [7, 11) is -5.30. The number of imidazole rings is 1. The van der Waals surface area contributed by atoms with Crippen LogP contribution in [0.2, 0.25) is 0 Å². The van der Waals surface area contributed by atoms with Crippen molar-refractivity contribution >= 4 is 15.5 Å². The highest BCUT2D eigenvalue weighted by atomic mass is 32.2. The average Bonchev–Trinajstić information content (AvgIpc) is 2.88. The standard InChI is InChI=1S/C11H10F3N3O2S/c12-11(13,14)20(18,19)10-3-1-8(2-4-10)16-6-9-5-15-7-17-9/h1-5,7,16H,6H2,(H,15,17). The van der Waals surface area contributed by atoms with E-state index in [0.29, 0.717) is 12.2 Å². The first kappa shape index (κ1) is 14.4. The van der Waals surface area contributed by atoms with E-state index in [0.717, 1.165) is 17.8 Å². The quantitative estimate of drug-likeness (QED) is 0.909. The van der Waals surface area contributed by atoms with Gasteiger partial charge in [-0.15, -0.1) is 0 Å². The lowest BCUT2D eigenvalue weighted by Gasteiger charge is -2.09. The number of sulfone groups is 1. The van der Waals surface area contributed by atoms with Gasteiger partial charge in [0.25, 0.3) is 9.84 Å². The van der Waals surface area contributed by atoms with Crippen molar-refractivity contribution in [3.63, 3.8) is 0 Å². The third kappa shape index (κ3) is 2.93. The Morgan fingerprint density at radius 1 is 1.20 bits per heavy atom. The van der Waals surface area contributed by atoms with Gasteiger partial charge in [0.15, 0.2) is 0 Å². The van der Waals surface area contributed by atoms with Crippen molar-refractivity contribution < 1.29 is 21.6 Å². The highest BCUT2D eigenvalue weighted by Gasteiger charge is 2.46. The molecule has 5 nitrogen and oxygen atoms in total. The number of alkyl halides is 3. The number of aromatic amines is 1. The second-order valence-corrected chi connectivity index (χ2v) is 5.85. The van der Waals surface area contributed by atoms with Crippen LogP contribution in [0.3, 0.4) is 0 Å². The molecule has 20 heavy (non-hydrogen) atoms. The van der Waals surface area contributed by atoms with Gasteiger partial charge in [-0.2, -0.15) is 13.2 Å². The van der Waals surface area contributed by atoms with Crippen LogP contribution in [0, 0.1) is 0 Å². The first-order valence-electron chi connectivity index (χ1n) is 5.43. The van der Waals surface area contributed by atoms with Gasteiger partial charge in [-0.3, -0.25) is 0 Å². The van der Waals surface area contributed by atoms with Crippen LogP contribution < -0.4 is 5.32 Å². The molecule has 0 aliphatic rings. The maximum Gasteiger partial charge on any atom is 0.501 e. The molecule has 0 spiro atoms. The zero-order chi connectivity index (χ0) is 14.8. The van der Waals surface area contributed by atoms with Crippen LogP contribution >= 0.6 is 0 Å². The molecule has 0 bridgehead atoms. The van der Waals surface area contributed by atoms with Crippen LogP contribution in [0.1, 0.15) is 5.69 Å². The molecule has 0 atom stereocenters. The molecular formula is C11H10F3N3O2S. The highest BCUT2D eigenvalue weighted by Crippen LogP contribution is 2.30. The minimum absolute atomic E-state index is 0.394. The fraction of sp³-hybridized carbons (Fsp3) is 0.182. The van der Waals surface area contributed by atoms with E-state index in [9.17, 15) is 21.6 Å². The van der Waals surface area contributed by atoms with Crippen LogP contribution in [0.5, 0.6) is 0 Å². The van der Waals surface area contributed by atoms with Crippen LogP contribution in [0.15, 0.2) is 41.7 Å². The average molecular weight is 305 g/mol. The van der Waals surface area contributed by atoms with Gasteiger partial charge in [0.2, 0.25) is 0 Å².